The average molecular weight is 121 g/mol. The molecule has 1 radical (unpaired) electrons. The fourth-order valence-electron chi connectivity index (χ4n) is 0. The van der Waals surface area contributed by atoms with E-state index >= 15 is 0 Å². The van der Waals surface area contributed by atoms with Crippen LogP contribution >= 0.6 is 7.82 Å². The van der Waals surface area contributed by atoms with Gasteiger partial charge in [0.25, 0.3) is 0 Å². The molecule has 0 rings (SSSR count). The van der Waals surface area contributed by atoms with Gasteiger partial charge >= 0.3 is 7.82 Å². The van der Waals surface area contributed by atoms with E-state index in [9.17, 15) is 0 Å². The first-order chi connectivity index (χ1) is 2.00. The summed E-state index contributed by atoms with van der Waals surface area (Å²) in [5.41, 5.74) is 0. The van der Waals surface area contributed by atoms with Crippen molar-refractivity contribution in [3.05, 3.63) is 0 Å². The summed E-state index contributed by atoms with van der Waals surface area (Å²) in [4.78, 5) is 21.6. The molecule has 33 valence electrons. The van der Waals surface area contributed by atoms with E-state index in [2.05, 4.69) is 0 Å². The monoisotopic (exact) mass is 121 g/mol. The molecule has 6 heavy (non-hydrogen) atoms. The van der Waals surface area contributed by atoms with Gasteiger partial charge in [-0.3, -0.25) is 0 Å². The maximum Gasteiger partial charge on any atom is 0.466 e. The van der Waals surface area contributed by atoms with Gasteiger partial charge in [0, 0.05) is 29.6 Å². The Kier molecular flexibility index (Phi) is 5.35. The first-order valence-electron chi connectivity index (χ1n) is 0.783. The first-order valence-corrected chi connectivity index (χ1v) is 2.35. The fourth-order valence-corrected chi connectivity index (χ4v) is 0. The second-order valence-electron chi connectivity index (χ2n) is 0.513. The average Bonchev–Trinajstić information content (AvgIpc) is 0.722. The van der Waals surface area contributed by atoms with Crippen molar-refractivity contribution < 1.29 is 19.2 Å². The molecular formula is H3NaO4P. The standard InChI is InChI=1S/Na.H3O4P/c;1-5(2,3)4/h;(H3,1,2,3,4). The van der Waals surface area contributed by atoms with Gasteiger partial charge in [-0.1, -0.05) is 0 Å². The summed E-state index contributed by atoms with van der Waals surface area (Å²) in [6, 6.07) is 0. The normalized spacial score (nSPS) is 9.83. The van der Waals surface area contributed by atoms with E-state index < -0.39 is 7.82 Å². The van der Waals surface area contributed by atoms with Crippen LogP contribution in [0.15, 0.2) is 0 Å². The third kappa shape index (κ3) is 70.1. The van der Waals surface area contributed by atoms with Crippen LogP contribution in [0.3, 0.4) is 0 Å². The molecule has 0 bridgehead atoms. The summed E-state index contributed by atoms with van der Waals surface area (Å²) in [5.74, 6) is 0. The van der Waals surface area contributed by atoms with Gasteiger partial charge in [0.1, 0.15) is 0 Å². The molecule has 0 spiro atoms. The van der Waals surface area contributed by atoms with E-state index in [1.807, 2.05) is 0 Å². The van der Waals surface area contributed by atoms with E-state index in [0.717, 1.165) is 0 Å². The van der Waals surface area contributed by atoms with Crippen LogP contribution in [0.4, 0.5) is 0 Å². The smallest absolute Gasteiger partial charge is 0.303 e. The Labute approximate surface area is 56.7 Å². The van der Waals surface area contributed by atoms with Gasteiger partial charge in [-0.25, -0.2) is 4.57 Å². The summed E-state index contributed by atoms with van der Waals surface area (Å²) in [6.07, 6.45) is 0. The van der Waals surface area contributed by atoms with Gasteiger partial charge in [0.05, 0.1) is 0 Å². The summed E-state index contributed by atoms with van der Waals surface area (Å²) < 4.78 is 8.88. The quantitative estimate of drug-likeness (QED) is 0.274. The predicted octanol–water partition coefficient (Wildman–Crippen LogP) is -1.31. The molecule has 0 fully saturated rings. The minimum absolute atomic E-state index is 0. The van der Waals surface area contributed by atoms with Gasteiger partial charge in [-0.15, -0.1) is 0 Å². The van der Waals surface area contributed by atoms with Crippen LogP contribution in [0.2, 0.25) is 0 Å². The van der Waals surface area contributed by atoms with E-state index in [0.29, 0.717) is 0 Å². The third-order valence-corrected chi connectivity index (χ3v) is 0. The molecule has 0 aliphatic rings. The van der Waals surface area contributed by atoms with Crippen molar-refractivity contribution in [1.29, 1.82) is 0 Å². The van der Waals surface area contributed by atoms with Crippen LogP contribution in [-0.4, -0.2) is 44.2 Å². The summed E-state index contributed by atoms with van der Waals surface area (Å²) in [5, 5.41) is 0. The molecule has 6 heteroatoms. The maximum absolute atomic E-state index is 8.88. The van der Waals surface area contributed by atoms with Gasteiger partial charge in [0.2, 0.25) is 0 Å². The van der Waals surface area contributed by atoms with Crippen LogP contribution < -0.4 is 0 Å². The van der Waals surface area contributed by atoms with Crippen LogP contribution in [0, 0.1) is 0 Å². The number of hydrogen-bond donors (Lipinski definition) is 3. The molecule has 0 aliphatic heterocycles. The fraction of sp³-hybridized carbons (Fsp3) is 0. The molecule has 0 heterocycles. The van der Waals surface area contributed by atoms with Crippen LogP contribution in [0.1, 0.15) is 0 Å². The van der Waals surface area contributed by atoms with Crippen LogP contribution in [0.5, 0.6) is 0 Å². The Hall–Kier alpha value is 1.11. The van der Waals surface area contributed by atoms with Gasteiger partial charge in [0.15, 0.2) is 0 Å². The SMILES string of the molecule is O=P(O)(O)O.[Na]. The Bertz CT molecular complexity index is 53.7. The van der Waals surface area contributed by atoms with E-state index in [-0.39, 0.29) is 29.6 Å². The van der Waals surface area contributed by atoms with E-state index in [1.165, 1.54) is 0 Å². The number of hydrogen-bond acceptors (Lipinski definition) is 1. The van der Waals surface area contributed by atoms with Crippen molar-refractivity contribution >= 4 is 37.4 Å². The molecule has 0 unspecified atom stereocenters. The van der Waals surface area contributed by atoms with E-state index in [1.54, 1.807) is 0 Å². The summed E-state index contributed by atoms with van der Waals surface area (Å²) >= 11 is 0. The molecule has 4 nitrogen and oxygen atoms in total. The molecule has 0 aromatic heterocycles. The number of rotatable bonds is 0. The minimum atomic E-state index is -4.64. The zero-order chi connectivity index (χ0) is 4.50. The van der Waals surface area contributed by atoms with Gasteiger partial charge in [-0.05, 0) is 0 Å². The second-order valence-corrected chi connectivity index (χ2v) is 1.54. The van der Waals surface area contributed by atoms with Gasteiger partial charge in [-0.2, -0.15) is 0 Å². The largest absolute Gasteiger partial charge is 0.466 e. The molecule has 0 saturated carbocycles. The molecule has 0 saturated heterocycles. The van der Waals surface area contributed by atoms with Crippen molar-refractivity contribution in [2.24, 2.45) is 0 Å². The molecule has 0 aromatic carbocycles. The van der Waals surface area contributed by atoms with Crippen molar-refractivity contribution in [2.75, 3.05) is 0 Å². The van der Waals surface area contributed by atoms with Crippen LogP contribution in [-0.2, 0) is 4.57 Å². The molecule has 0 aliphatic carbocycles. The third-order valence-electron chi connectivity index (χ3n) is 0. The zero-order valence-corrected chi connectivity index (χ0v) is 6.09. The molecule has 0 amide bonds. The summed E-state index contributed by atoms with van der Waals surface area (Å²) in [7, 11) is -4.64. The van der Waals surface area contributed by atoms with Crippen LogP contribution in [0.25, 0.3) is 0 Å². The molecule has 0 aromatic rings. The van der Waals surface area contributed by atoms with Crippen molar-refractivity contribution in [2.45, 2.75) is 0 Å². The maximum atomic E-state index is 8.88. The molecule has 3 N–H and O–H groups in total. The van der Waals surface area contributed by atoms with Gasteiger partial charge < -0.3 is 14.7 Å². The van der Waals surface area contributed by atoms with Crippen molar-refractivity contribution in [3.63, 3.8) is 0 Å². The predicted molar refractivity (Wildman–Crippen MR) is 20.0 cm³/mol. The Morgan fingerprint density at radius 3 is 1.17 bits per heavy atom. The van der Waals surface area contributed by atoms with Crippen molar-refractivity contribution in [1.82, 2.24) is 0 Å². The Morgan fingerprint density at radius 2 is 1.17 bits per heavy atom. The zero-order valence-electron chi connectivity index (χ0n) is 3.20. The minimum Gasteiger partial charge on any atom is -0.303 e. The summed E-state index contributed by atoms with van der Waals surface area (Å²) in [6.45, 7) is 0. The Morgan fingerprint density at radius 1 is 1.17 bits per heavy atom. The Balaban J connectivity index is 0. The van der Waals surface area contributed by atoms with Crippen molar-refractivity contribution in [3.8, 4) is 0 Å². The second kappa shape index (κ2) is 3.16. The topological polar surface area (TPSA) is 77.8 Å². The molecular weight excluding hydrogens is 118 g/mol. The van der Waals surface area contributed by atoms with E-state index in [4.69, 9.17) is 19.2 Å². The number of phosphoric acid groups is 1. The first kappa shape index (κ1) is 10.2. The molecule has 0 atom stereocenters.